The predicted octanol–water partition coefficient (Wildman–Crippen LogP) is 0.376. The summed E-state index contributed by atoms with van der Waals surface area (Å²) in [7, 11) is 0. The van der Waals surface area contributed by atoms with E-state index in [2.05, 4.69) is 10.1 Å². The van der Waals surface area contributed by atoms with Crippen LogP contribution >= 0.6 is 0 Å². The molecule has 0 amide bonds. The van der Waals surface area contributed by atoms with E-state index in [4.69, 9.17) is 15.7 Å². The molecular formula is C10H19N3O2. The Morgan fingerprint density at radius 3 is 2.73 bits per heavy atom. The van der Waals surface area contributed by atoms with E-state index in [0.29, 0.717) is 24.3 Å². The summed E-state index contributed by atoms with van der Waals surface area (Å²) < 4.78 is 5.40. The molecule has 3 N–H and O–H groups in total. The molecule has 1 saturated carbocycles. The van der Waals surface area contributed by atoms with E-state index in [1.54, 1.807) is 0 Å². The maximum absolute atomic E-state index is 8.49. The van der Waals surface area contributed by atoms with E-state index in [1.807, 2.05) is 0 Å². The highest BCUT2D eigenvalue weighted by Crippen LogP contribution is 2.30. The monoisotopic (exact) mass is 213 g/mol. The highest BCUT2D eigenvalue weighted by atomic mass is 16.5. The molecule has 5 nitrogen and oxygen atoms in total. The fourth-order valence-electron chi connectivity index (χ4n) is 2.15. The number of amidine groups is 1. The highest BCUT2D eigenvalue weighted by Gasteiger charge is 2.35. The summed E-state index contributed by atoms with van der Waals surface area (Å²) in [5.74, 6) is 0.319. The van der Waals surface area contributed by atoms with Gasteiger partial charge in [0.1, 0.15) is 5.84 Å². The van der Waals surface area contributed by atoms with Crippen molar-refractivity contribution in [2.24, 2.45) is 10.9 Å². The van der Waals surface area contributed by atoms with E-state index >= 15 is 0 Å². The Morgan fingerprint density at radius 2 is 2.20 bits per heavy atom. The van der Waals surface area contributed by atoms with Gasteiger partial charge in [0.25, 0.3) is 0 Å². The Morgan fingerprint density at radius 1 is 1.40 bits per heavy atom. The molecule has 1 atom stereocenters. The van der Waals surface area contributed by atoms with Gasteiger partial charge < -0.3 is 15.7 Å². The van der Waals surface area contributed by atoms with Crippen LogP contribution in [0.4, 0.5) is 0 Å². The maximum Gasteiger partial charge on any atom is 0.140 e. The van der Waals surface area contributed by atoms with Gasteiger partial charge in [-0.3, -0.25) is 4.90 Å². The van der Waals surface area contributed by atoms with Crippen molar-refractivity contribution < 1.29 is 9.94 Å². The van der Waals surface area contributed by atoms with E-state index in [0.717, 1.165) is 26.2 Å². The van der Waals surface area contributed by atoms with Crippen molar-refractivity contribution >= 4 is 5.84 Å². The molecule has 1 aliphatic heterocycles. The average Bonchev–Trinajstić information content (AvgIpc) is 2.94. The normalized spacial score (nSPS) is 27.5. The van der Waals surface area contributed by atoms with E-state index in [-0.39, 0.29) is 0 Å². The standard InChI is InChI=1S/C10H19N3O2/c11-10(12-14)3-5-13(8-1-2-8)9-4-6-15-7-9/h8-9,14H,1-7H2,(H2,11,12). The van der Waals surface area contributed by atoms with Gasteiger partial charge in [0.05, 0.1) is 6.61 Å². The fourth-order valence-corrected chi connectivity index (χ4v) is 2.15. The van der Waals surface area contributed by atoms with Crippen molar-refractivity contribution in [3.63, 3.8) is 0 Å². The molecule has 5 heteroatoms. The zero-order valence-electron chi connectivity index (χ0n) is 8.93. The van der Waals surface area contributed by atoms with Crippen LogP contribution in [0, 0.1) is 0 Å². The van der Waals surface area contributed by atoms with Crippen LogP contribution in [0.5, 0.6) is 0 Å². The first-order valence-corrected chi connectivity index (χ1v) is 5.61. The Hall–Kier alpha value is -0.810. The molecule has 1 heterocycles. The molecule has 1 aliphatic carbocycles. The summed E-state index contributed by atoms with van der Waals surface area (Å²) in [5, 5.41) is 11.5. The SMILES string of the molecule is NC(CCN(C1CC1)C1CCOC1)=NO. The van der Waals surface area contributed by atoms with Crippen LogP contribution in [0.3, 0.4) is 0 Å². The molecule has 2 fully saturated rings. The van der Waals surface area contributed by atoms with Crippen LogP contribution in [-0.4, -0.2) is 47.8 Å². The van der Waals surface area contributed by atoms with Gasteiger partial charge in [0.15, 0.2) is 0 Å². The largest absolute Gasteiger partial charge is 0.409 e. The lowest BCUT2D eigenvalue weighted by Crippen LogP contribution is -2.39. The quantitative estimate of drug-likeness (QED) is 0.300. The molecule has 86 valence electrons. The Balaban J connectivity index is 1.83. The molecule has 1 saturated heterocycles. The number of nitrogens with zero attached hydrogens (tertiary/aromatic N) is 2. The van der Waals surface area contributed by atoms with Crippen LogP contribution in [0.15, 0.2) is 5.16 Å². The molecule has 0 aromatic carbocycles. The van der Waals surface area contributed by atoms with Crippen molar-refractivity contribution in [1.82, 2.24) is 4.90 Å². The van der Waals surface area contributed by atoms with Crippen LogP contribution in [-0.2, 0) is 4.74 Å². The molecule has 0 radical (unpaired) electrons. The van der Waals surface area contributed by atoms with Crippen molar-refractivity contribution in [2.45, 2.75) is 37.8 Å². The van der Waals surface area contributed by atoms with Gasteiger partial charge in [0, 0.05) is 31.7 Å². The third kappa shape index (κ3) is 2.82. The van der Waals surface area contributed by atoms with Crippen LogP contribution in [0.2, 0.25) is 0 Å². The summed E-state index contributed by atoms with van der Waals surface area (Å²) >= 11 is 0. The van der Waals surface area contributed by atoms with Gasteiger partial charge >= 0.3 is 0 Å². The summed E-state index contributed by atoms with van der Waals surface area (Å²) in [5.41, 5.74) is 5.48. The Bertz CT molecular complexity index is 235. The number of rotatable bonds is 5. The number of hydrogen-bond donors (Lipinski definition) is 2. The van der Waals surface area contributed by atoms with Gasteiger partial charge in [0.2, 0.25) is 0 Å². The number of ether oxygens (including phenoxy) is 1. The molecule has 15 heavy (non-hydrogen) atoms. The van der Waals surface area contributed by atoms with E-state index in [1.165, 1.54) is 12.8 Å². The molecular weight excluding hydrogens is 194 g/mol. The molecule has 0 spiro atoms. The third-order valence-corrected chi connectivity index (χ3v) is 3.15. The first-order valence-electron chi connectivity index (χ1n) is 5.61. The van der Waals surface area contributed by atoms with Crippen LogP contribution in [0.1, 0.15) is 25.7 Å². The Kier molecular flexibility index (Phi) is 3.43. The number of nitrogens with two attached hydrogens (primary N) is 1. The Labute approximate surface area is 89.9 Å². The first-order chi connectivity index (χ1) is 7.31. The topological polar surface area (TPSA) is 71.1 Å². The average molecular weight is 213 g/mol. The zero-order chi connectivity index (χ0) is 10.7. The summed E-state index contributed by atoms with van der Waals surface area (Å²) in [6.45, 7) is 2.60. The molecule has 1 unspecified atom stereocenters. The van der Waals surface area contributed by atoms with Crippen molar-refractivity contribution in [2.75, 3.05) is 19.8 Å². The van der Waals surface area contributed by atoms with Crippen LogP contribution in [0.25, 0.3) is 0 Å². The second kappa shape index (κ2) is 4.81. The second-order valence-corrected chi connectivity index (χ2v) is 4.33. The second-order valence-electron chi connectivity index (χ2n) is 4.33. The summed E-state index contributed by atoms with van der Waals surface area (Å²) in [6, 6.07) is 1.26. The minimum Gasteiger partial charge on any atom is -0.409 e. The summed E-state index contributed by atoms with van der Waals surface area (Å²) in [6.07, 6.45) is 4.33. The van der Waals surface area contributed by atoms with Gasteiger partial charge in [-0.05, 0) is 19.3 Å². The summed E-state index contributed by atoms with van der Waals surface area (Å²) in [4.78, 5) is 2.46. The zero-order valence-corrected chi connectivity index (χ0v) is 8.93. The van der Waals surface area contributed by atoms with Crippen molar-refractivity contribution in [3.05, 3.63) is 0 Å². The third-order valence-electron chi connectivity index (χ3n) is 3.15. The van der Waals surface area contributed by atoms with Gasteiger partial charge in [-0.2, -0.15) is 0 Å². The fraction of sp³-hybridized carbons (Fsp3) is 0.900. The van der Waals surface area contributed by atoms with E-state index in [9.17, 15) is 0 Å². The van der Waals surface area contributed by atoms with E-state index < -0.39 is 0 Å². The molecule has 0 aromatic rings. The predicted molar refractivity (Wildman–Crippen MR) is 57.0 cm³/mol. The lowest BCUT2D eigenvalue weighted by molar-refractivity contribution is 0.140. The van der Waals surface area contributed by atoms with Gasteiger partial charge in [-0.25, -0.2) is 0 Å². The minimum absolute atomic E-state index is 0.319. The first kappa shape index (κ1) is 10.7. The highest BCUT2D eigenvalue weighted by molar-refractivity contribution is 5.79. The molecule has 0 aromatic heterocycles. The number of oxime groups is 1. The van der Waals surface area contributed by atoms with Crippen LogP contribution < -0.4 is 5.73 Å². The molecule has 2 rings (SSSR count). The maximum atomic E-state index is 8.49. The molecule has 0 bridgehead atoms. The van der Waals surface area contributed by atoms with Gasteiger partial charge in [-0.15, -0.1) is 0 Å². The minimum atomic E-state index is 0.319. The van der Waals surface area contributed by atoms with Gasteiger partial charge in [-0.1, -0.05) is 5.16 Å². The van der Waals surface area contributed by atoms with Crippen molar-refractivity contribution in [3.8, 4) is 0 Å². The lowest BCUT2D eigenvalue weighted by atomic mass is 10.2. The number of hydrogen-bond acceptors (Lipinski definition) is 4. The smallest absolute Gasteiger partial charge is 0.140 e. The van der Waals surface area contributed by atoms with Crippen molar-refractivity contribution in [1.29, 1.82) is 0 Å². The molecule has 2 aliphatic rings. The lowest BCUT2D eigenvalue weighted by Gasteiger charge is -2.27.